The van der Waals surface area contributed by atoms with Gasteiger partial charge in [0.25, 0.3) is 10.1 Å². The first-order valence-electron chi connectivity index (χ1n) is 6.53. The van der Waals surface area contributed by atoms with Gasteiger partial charge in [-0.3, -0.25) is 4.55 Å². The molecule has 10 heteroatoms. The summed E-state index contributed by atoms with van der Waals surface area (Å²) in [6.45, 7) is 2.41. The summed E-state index contributed by atoms with van der Waals surface area (Å²) in [7, 11) is -4.44. The third-order valence-corrected chi connectivity index (χ3v) is 4.46. The van der Waals surface area contributed by atoms with Crippen molar-refractivity contribution in [1.82, 2.24) is 0 Å². The lowest BCUT2D eigenvalue weighted by molar-refractivity contribution is -0.432. The van der Waals surface area contributed by atoms with E-state index in [4.69, 9.17) is 5.26 Å². The lowest BCUT2D eigenvalue weighted by Crippen LogP contribution is -2.07. The molecule has 0 aliphatic carbocycles. The van der Waals surface area contributed by atoms with Crippen LogP contribution >= 0.6 is 12.0 Å². The molecule has 23 heavy (non-hydrogen) atoms. The van der Waals surface area contributed by atoms with Crippen LogP contribution in [0.15, 0.2) is 34.1 Å². The molecule has 126 valence electrons. The number of hydrogen-bond donors (Lipinski definition) is 4. The van der Waals surface area contributed by atoms with E-state index in [1.54, 1.807) is 0 Å². The van der Waals surface area contributed by atoms with Crippen LogP contribution in [-0.2, 0) is 19.5 Å². The van der Waals surface area contributed by atoms with Gasteiger partial charge in [-0.1, -0.05) is 12.0 Å². The minimum atomic E-state index is -4.44. The Kier molecular flexibility index (Phi) is 5.68. The molecule has 8 nitrogen and oxygen atoms in total. The van der Waals surface area contributed by atoms with Gasteiger partial charge in [0.05, 0.1) is 17.7 Å². The van der Waals surface area contributed by atoms with Gasteiger partial charge >= 0.3 is 0 Å². The molecule has 0 aliphatic heterocycles. The Morgan fingerprint density at radius 2 is 2.00 bits per heavy atom. The zero-order valence-electron chi connectivity index (χ0n) is 12.0. The molecule has 0 unspecified atom stereocenters. The third-order valence-electron chi connectivity index (χ3n) is 3.01. The van der Waals surface area contributed by atoms with Crippen molar-refractivity contribution >= 4 is 38.6 Å². The van der Waals surface area contributed by atoms with Crippen molar-refractivity contribution in [2.45, 2.75) is 23.1 Å². The summed E-state index contributed by atoms with van der Waals surface area (Å²) in [5, 5.41) is 25.4. The molecule has 2 aromatic rings. The fourth-order valence-electron chi connectivity index (χ4n) is 2.06. The molecule has 0 heterocycles. The quantitative estimate of drug-likeness (QED) is 0.255. The normalized spacial score (nSPS) is 11.8. The first-order chi connectivity index (χ1) is 10.9. The summed E-state index contributed by atoms with van der Waals surface area (Å²) in [6.07, 6.45) is 0.753. The molecule has 0 spiro atoms. The van der Waals surface area contributed by atoms with Gasteiger partial charge in [0.15, 0.2) is 0 Å². The van der Waals surface area contributed by atoms with E-state index >= 15 is 0 Å². The molecule has 2 rings (SSSR count). The number of hydrogen-bond acceptors (Lipinski definition) is 8. The monoisotopic (exact) mass is 361 g/mol. The van der Waals surface area contributed by atoms with E-state index in [9.17, 15) is 18.1 Å². The Bertz CT molecular complexity index is 808. The zero-order chi connectivity index (χ0) is 17.0. The SMILES string of the molecule is CCCNc1cc2c(O)cc(SOOO)cc2cc1S(=O)(=O)O. The molecule has 0 saturated heterocycles. The molecular weight excluding hydrogens is 346 g/mol. The fourth-order valence-corrected chi connectivity index (χ4v) is 3.19. The van der Waals surface area contributed by atoms with E-state index in [0.29, 0.717) is 34.3 Å². The Hall–Kier alpha value is -1.56. The molecular formula is C13H15NO7S2. The number of rotatable bonds is 7. The zero-order valence-corrected chi connectivity index (χ0v) is 13.6. The maximum Gasteiger partial charge on any atom is 0.296 e. The molecule has 0 radical (unpaired) electrons. The Labute approximate surface area is 136 Å². The number of phenols is 1. The molecule has 0 fully saturated rings. The van der Waals surface area contributed by atoms with Crippen LogP contribution in [0.2, 0.25) is 0 Å². The summed E-state index contributed by atoms with van der Waals surface area (Å²) in [4.78, 5) is 0.0685. The van der Waals surface area contributed by atoms with E-state index in [-0.39, 0.29) is 16.3 Å². The second-order valence-corrected chi connectivity index (χ2v) is 6.80. The van der Waals surface area contributed by atoms with Crippen LogP contribution in [0.25, 0.3) is 10.8 Å². The molecule has 2 aromatic carbocycles. The summed E-state index contributed by atoms with van der Waals surface area (Å²) in [6, 6.07) is 5.56. The van der Waals surface area contributed by atoms with E-state index < -0.39 is 10.1 Å². The Morgan fingerprint density at radius 1 is 1.26 bits per heavy atom. The van der Waals surface area contributed by atoms with E-state index in [1.807, 2.05) is 6.92 Å². The molecule has 0 aromatic heterocycles. The topological polar surface area (TPSA) is 125 Å². The molecule has 0 amide bonds. The van der Waals surface area contributed by atoms with Gasteiger partial charge in [-0.05, 0) is 36.1 Å². The van der Waals surface area contributed by atoms with Crippen molar-refractivity contribution in [3.05, 3.63) is 24.3 Å². The van der Waals surface area contributed by atoms with Crippen molar-refractivity contribution in [1.29, 1.82) is 0 Å². The fraction of sp³-hybridized carbons (Fsp3) is 0.231. The molecule has 0 atom stereocenters. The van der Waals surface area contributed by atoms with E-state index in [1.165, 1.54) is 24.3 Å². The standard InChI is InChI=1S/C13H15NO7S2/c1-2-3-14-11-7-10-8(5-13(11)23(17,18)19)4-9(6-12(10)15)22-21-20-16/h4-7,14-16H,2-3H2,1H3,(H,17,18,19). The predicted octanol–water partition coefficient (Wildman–Crippen LogP) is 3.04. The predicted molar refractivity (Wildman–Crippen MR) is 84.9 cm³/mol. The maximum atomic E-state index is 11.6. The second kappa shape index (κ2) is 7.34. The van der Waals surface area contributed by atoms with Crippen LogP contribution in [0.1, 0.15) is 13.3 Å². The number of benzene rings is 2. The number of anilines is 1. The minimum absolute atomic E-state index is 0.118. The second-order valence-electron chi connectivity index (χ2n) is 4.64. The lowest BCUT2D eigenvalue weighted by Gasteiger charge is -2.13. The van der Waals surface area contributed by atoms with Gasteiger partial charge in [-0.2, -0.15) is 8.42 Å². The molecule has 0 aliphatic rings. The van der Waals surface area contributed by atoms with Crippen LogP contribution in [-0.4, -0.2) is 29.9 Å². The van der Waals surface area contributed by atoms with Crippen molar-refractivity contribution in [2.24, 2.45) is 0 Å². The van der Waals surface area contributed by atoms with Gasteiger partial charge in [0, 0.05) is 16.8 Å². The third kappa shape index (κ3) is 4.25. The van der Waals surface area contributed by atoms with Crippen LogP contribution in [0.4, 0.5) is 5.69 Å². The highest BCUT2D eigenvalue weighted by Gasteiger charge is 2.18. The first kappa shape index (κ1) is 17.8. The Morgan fingerprint density at radius 3 is 2.61 bits per heavy atom. The summed E-state index contributed by atoms with van der Waals surface area (Å²) < 4.78 is 36.8. The number of nitrogens with one attached hydrogen (secondary N) is 1. The van der Waals surface area contributed by atoms with Gasteiger partial charge in [-0.15, -0.1) is 4.33 Å². The highest BCUT2D eigenvalue weighted by Crippen LogP contribution is 2.36. The van der Waals surface area contributed by atoms with Crippen LogP contribution in [0, 0.1) is 0 Å². The van der Waals surface area contributed by atoms with Crippen molar-refractivity contribution in [2.75, 3.05) is 11.9 Å². The highest BCUT2D eigenvalue weighted by molar-refractivity contribution is 7.94. The summed E-state index contributed by atoms with van der Waals surface area (Å²) in [5.74, 6) is -0.118. The average Bonchev–Trinajstić information content (AvgIpc) is 2.49. The minimum Gasteiger partial charge on any atom is -0.507 e. The number of phenolic OH excluding ortho intramolecular Hbond substituents is 1. The van der Waals surface area contributed by atoms with Crippen LogP contribution in [0.5, 0.6) is 5.75 Å². The summed E-state index contributed by atoms with van der Waals surface area (Å²) in [5.41, 5.74) is 0.201. The van der Waals surface area contributed by atoms with Crippen LogP contribution < -0.4 is 5.32 Å². The summed E-state index contributed by atoms with van der Waals surface area (Å²) >= 11 is 0.621. The van der Waals surface area contributed by atoms with Gasteiger partial charge < -0.3 is 10.4 Å². The van der Waals surface area contributed by atoms with Gasteiger partial charge in [0.1, 0.15) is 10.6 Å². The van der Waals surface area contributed by atoms with Crippen LogP contribution in [0.3, 0.4) is 0 Å². The number of aromatic hydroxyl groups is 1. The lowest BCUT2D eigenvalue weighted by atomic mass is 10.1. The van der Waals surface area contributed by atoms with Gasteiger partial charge in [-0.25, -0.2) is 5.26 Å². The molecule has 4 N–H and O–H groups in total. The maximum absolute atomic E-state index is 11.6. The van der Waals surface area contributed by atoms with Crippen molar-refractivity contribution < 1.29 is 32.7 Å². The number of fused-ring (bicyclic) bond motifs is 1. The van der Waals surface area contributed by atoms with Crippen molar-refractivity contribution in [3.8, 4) is 5.75 Å². The average molecular weight is 361 g/mol. The first-order valence-corrected chi connectivity index (χ1v) is 8.72. The van der Waals surface area contributed by atoms with Crippen molar-refractivity contribution in [3.63, 3.8) is 0 Å². The molecule has 0 saturated carbocycles. The Balaban J connectivity index is 2.61. The van der Waals surface area contributed by atoms with E-state index in [2.05, 4.69) is 14.7 Å². The van der Waals surface area contributed by atoms with E-state index in [0.717, 1.165) is 6.42 Å². The highest BCUT2D eigenvalue weighted by atomic mass is 32.2. The molecule has 0 bridgehead atoms. The smallest absolute Gasteiger partial charge is 0.296 e. The van der Waals surface area contributed by atoms with Gasteiger partial charge in [0.2, 0.25) is 0 Å². The largest absolute Gasteiger partial charge is 0.507 e.